The Hall–Kier alpha value is -3.72. The highest BCUT2D eigenvalue weighted by Gasteiger charge is 2.21. The van der Waals surface area contributed by atoms with E-state index < -0.39 is 11.5 Å². The molecule has 0 atom stereocenters. The van der Waals surface area contributed by atoms with Gasteiger partial charge in [0, 0.05) is 47.8 Å². The van der Waals surface area contributed by atoms with Crippen LogP contribution in [0.4, 0.5) is 8.78 Å². The minimum atomic E-state index is -0.467. The standard InChI is InChI=1S/C22H20F2N6O/c1-28-12-20(16-10-14(24)3-5-18(16)28)30-21(26-27-22(30)31)17-11-29(8-2-7-25)19-6-4-13(23)9-15(17)19/h3-6,9-12H,2,7-8,25H2,1H3,(H,27,31). The van der Waals surface area contributed by atoms with Gasteiger partial charge in [-0.05, 0) is 49.4 Å². The van der Waals surface area contributed by atoms with Gasteiger partial charge in [-0.25, -0.2) is 23.2 Å². The van der Waals surface area contributed by atoms with E-state index in [4.69, 9.17) is 5.73 Å². The second-order valence-corrected chi connectivity index (χ2v) is 7.51. The van der Waals surface area contributed by atoms with Crippen molar-refractivity contribution in [3.63, 3.8) is 0 Å². The number of fused-ring (bicyclic) bond motifs is 2. The molecule has 3 heterocycles. The first-order valence-electron chi connectivity index (χ1n) is 9.89. The van der Waals surface area contributed by atoms with Crippen molar-refractivity contribution in [2.45, 2.75) is 13.0 Å². The van der Waals surface area contributed by atoms with E-state index in [0.717, 1.165) is 17.5 Å². The van der Waals surface area contributed by atoms with Gasteiger partial charge in [0.1, 0.15) is 11.6 Å². The molecular weight excluding hydrogens is 402 g/mol. The number of aromatic amines is 1. The Labute approximate surface area is 175 Å². The number of nitrogens with two attached hydrogens (primary N) is 1. The third kappa shape index (κ3) is 3.05. The molecule has 5 aromatic rings. The van der Waals surface area contributed by atoms with Crippen molar-refractivity contribution in [1.82, 2.24) is 23.9 Å². The maximum atomic E-state index is 14.1. The van der Waals surface area contributed by atoms with Crippen LogP contribution in [0.25, 0.3) is 38.9 Å². The van der Waals surface area contributed by atoms with Crippen LogP contribution in [-0.2, 0) is 13.6 Å². The van der Waals surface area contributed by atoms with Crippen molar-refractivity contribution >= 4 is 21.8 Å². The molecule has 0 amide bonds. The minimum Gasteiger partial charge on any atom is -0.348 e. The SMILES string of the molecule is Cn1cc(-n2c(-c3cn(CCCN)c4ccc(F)cc34)n[nH]c2=O)c2cc(F)ccc21. The lowest BCUT2D eigenvalue weighted by Gasteiger charge is -2.04. The van der Waals surface area contributed by atoms with Gasteiger partial charge in [0.2, 0.25) is 0 Å². The summed E-state index contributed by atoms with van der Waals surface area (Å²) < 4.78 is 33.3. The minimum absolute atomic E-state index is 0.323. The predicted octanol–water partition coefficient (Wildman–Crippen LogP) is 3.30. The van der Waals surface area contributed by atoms with Gasteiger partial charge < -0.3 is 14.9 Å². The van der Waals surface area contributed by atoms with E-state index in [2.05, 4.69) is 10.2 Å². The first-order chi connectivity index (χ1) is 15.0. The van der Waals surface area contributed by atoms with Gasteiger partial charge in [0.25, 0.3) is 0 Å². The molecule has 7 nitrogen and oxygen atoms in total. The Morgan fingerprint density at radius 3 is 2.48 bits per heavy atom. The van der Waals surface area contributed by atoms with Crippen LogP contribution in [0.1, 0.15) is 6.42 Å². The van der Waals surface area contributed by atoms with E-state index in [1.54, 1.807) is 18.3 Å². The summed E-state index contributed by atoms with van der Waals surface area (Å²) >= 11 is 0. The van der Waals surface area contributed by atoms with Gasteiger partial charge in [-0.15, -0.1) is 0 Å². The number of aromatic nitrogens is 5. The van der Waals surface area contributed by atoms with Crippen molar-refractivity contribution in [2.75, 3.05) is 6.54 Å². The Balaban J connectivity index is 1.79. The third-order valence-corrected chi connectivity index (χ3v) is 5.53. The molecule has 0 radical (unpaired) electrons. The maximum absolute atomic E-state index is 14.1. The summed E-state index contributed by atoms with van der Waals surface area (Å²) in [6.07, 6.45) is 4.34. The summed E-state index contributed by atoms with van der Waals surface area (Å²) in [7, 11) is 1.82. The molecule has 0 bridgehead atoms. The normalized spacial score (nSPS) is 11.7. The molecule has 3 N–H and O–H groups in total. The molecular formula is C22H20F2N6O. The average Bonchev–Trinajstić information content (AvgIpc) is 3.39. The summed E-state index contributed by atoms with van der Waals surface area (Å²) in [4.78, 5) is 12.8. The lowest BCUT2D eigenvalue weighted by atomic mass is 10.1. The number of nitrogens with zero attached hydrogens (tertiary/aromatic N) is 4. The van der Waals surface area contributed by atoms with Gasteiger partial charge in [-0.1, -0.05) is 0 Å². The lowest BCUT2D eigenvalue weighted by molar-refractivity contribution is 0.628. The summed E-state index contributed by atoms with van der Waals surface area (Å²) in [6, 6.07) is 8.95. The van der Waals surface area contributed by atoms with Crippen molar-refractivity contribution < 1.29 is 8.78 Å². The number of rotatable bonds is 5. The van der Waals surface area contributed by atoms with Gasteiger partial charge >= 0.3 is 5.69 Å². The number of halogens is 2. The lowest BCUT2D eigenvalue weighted by Crippen LogP contribution is -2.15. The third-order valence-electron chi connectivity index (χ3n) is 5.53. The number of hydrogen-bond acceptors (Lipinski definition) is 3. The Morgan fingerprint density at radius 1 is 1.03 bits per heavy atom. The van der Waals surface area contributed by atoms with Crippen LogP contribution in [0.3, 0.4) is 0 Å². The molecule has 0 aliphatic rings. The smallest absolute Gasteiger partial charge is 0.348 e. The monoisotopic (exact) mass is 422 g/mol. The van der Waals surface area contributed by atoms with Gasteiger partial charge in [-0.3, -0.25) is 0 Å². The largest absolute Gasteiger partial charge is 0.348 e. The van der Waals surface area contributed by atoms with Crippen molar-refractivity contribution in [2.24, 2.45) is 12.8 Å². The Bertz CT molecular complexity index is 1490. The zero-order chi connectivity index (χ0) is 21.7. The molecule has 9 heteroatoms. The molecule has 0 spiro atoms. The Kier molecular flexibility index (Phi) is 4.48. The van der Waals surface area contributed by atoms with Gasteiger partial charge in [0.05, 0.1) is 11.2 Å². The van der Waals surface area contributed by atoms with E-state index in [9.17, 15) is 13.6 Å². The van der Waals surface area contributed by atoms with E-state index in [0.29, 0.717) is 40.9 Å². The van der Waals surface area contributed by atoms with Crippen LogP contribution >= 0.6 is 0 Å². The molecule has 158 valence electrons. The van der Waals surface area contributed by atoms with Crippen LogP contribution in [0, 0.1) is 11.6 Å². The summed E-state index contributed by atoms with van der Waals surface area (Å²) in [5.74, 6) is -0.468. The number of nitrogens with one attached hydrogen (secondary N) is 1. The molecule has 0 saturated carbocycles. The van der Waals surface area contributed by atoms with Crippen LogP contribution in [-0.4, -0.2) is 30.4 Å². The molecule has 0 unspecified atom stereocenters. The molecule has 2 aromatic carbocycles. The van der Waals surface area contributed by atoms with Crippen LogP contribution in [0.2, 0.25) is 0 Å². The van der Waals surface area contributed by atoms with E-state index in [1.165, 1.54) is 28.8 Å². The Morgan fingerprint density at radius 2 is 1.74 bits per heavy atom. The summed E-state index contributed by atoms with van der Waals surface area (Å²) in [5, 5.41) is 7.92. The topological polar surface area (TPSA) is 86.6 Å². The first kappa shape index (κ1) is 19.3. The van der Waals surface area contributed by atoms with Crippen molar-refractivity contribution in [3.05, 3.63) is 70.9 Å². The fourth-order valence-corrected chi connectivity index (χ4v) is 4.12. The van der Waals surface area contributed by atoms with Crippen molar-refractivity contribution in [3.8, 4) is 17.1 Å². The molecule has 5 rings (SSSR count). The van der Waals surface area contributed by atoms with Gasteiger partial charge in [0.15, 0.2) is 5.82 Å². The highest BCUT2D eigenvalue weighted by Crippen LogP contribution is 2.33. The molecule has 0 aliphatic carbocycles. The van der Waals surface area contributed by atoms with Crippen molar-refractivity contribution in [1.29, 1.82) is 0 Å². The number of benzene rings is 2. The fraction of sp³-hybridized carbons (Fsp3) is 0.182. The van der Waals surface area contributed by atoms with E-state index in [-0.39, 0.29) is 5.82 Å². The van der Waals surface area contributed by atoms with Crippen LogP contribution in [0.5, 0.6) is 0 Å². The number of H-pyrrole nitrogens is 1. The summed E-state index contributed by atoms with van der Waals surface area (Å²) in [5.41, 5.74) is 7.87. The first-order valence-corrected chi connectivity index (χ1v) is 9.89. The second kappa shape index (κ2) is 7.21. The molecule has 0 saturated heterocycles. The molecule has 0 aliphatic heterocycles. The summed E-state index contributed by atoms with van der Waals surface area (Å²) in [6.45, 7) is 1.16. The predicted molar refractivity (Wildman–Crippen MR) is 115 cm³/mol. The quantitative estimate of drug-likeness (QED) is 0.456. The maximum Gasteiger partial charge on any atom is 0.348 e. The molecule has 3 aromatic heterocycles. The highest BCUT2D eigenvalue weighted by atomic mass is 19.1. The van der Waals surface area contributed by atoms with Crippen LogP contribution in [0.15, 0.2) is 53.6 Å². The zero-order valence-corrected chi connectivity index (χ0v) is 16.8. The molecule has 0 fully saturated rings. The van der Waals surface area contributed by atoms with Crippen LogP contribution < -0.4 is 11.4 Å². The average molecular weight is 422 g/mol. The fourth-order valence-electron chi connectivity index (χ4n) is 4.12. The molecule has 31 heavy (non-hydrogen) atoms. The number of hydrogen-bond donors (Lipinski definition) is 2. The highest BCUT2D eigenvalue weighted by molar-refractivity contribution is 5.96. The zero-order valence-electron chi connectivity index (χ0n) is 16.8. The van der Waals surface area contributed by atoms with E-state index in [1.807, 2.05) is 22.4 Å². The van der Waals surface area contributed by atoms with E-state index >= 15 is 0 Å². The van der Waals surface area contributed by atoms with Gasteiger partial charge in [-0.2, -0.15) is 5.10 Å². The second-order valence-electron chi connectivity index (χ2n) is 7.51. The number of aryl methyl sites for hydroxylation is 2.